The van der Waals surface area contributed by atoms with E-state index < -0.39 is 0 Å². The summed E-state index contributed by atoms with van der Waals surface area (Å²) < 4.78 is 5.37. The molecule has 31 heavy (non-hydrogen) atoms. The molecule has 0 radical (unpaired) electrons. The number of aromatic amines is 1. The molecule has 0 aliphatic carbocycles. The van der Waals surface area contributed by atoms with Gasteiger partial charge in [0.15, 0.2) is 0 Å². The van der Waals surface area contributed by atoms with Crippen molar-refractivity contribution in [1.82, 2.24) is 20.1 Å². The Morgan fingerprint density at radius 3 is 2.65 bits per heavy atom. The Kier molecular flexibility index (Phi) is 7.25. The van der Waals surface area contributed by atoms with Gasteiger partial charge in [0.25, 0.3) is 5.91 Å². The number of aromatic nitrogens is 1. The third-order valence-corrected chi connectivity index (χ3v) is 6.76. The van der Waals surface area contributed by atoms with Crippen molar-refractivity contribution in [2.45, 2.75) is 26.2 Å². The lowest BCUT2D eigenvalue weighted by Crippen LogP contribution is -2.43. The highest BCUT2D eigenvalue weighted by Crippen LogP contribution is 2.26. The van der Waals surface area contributed by atoms with Crippen LogP contribution in [0.4, 0.5) is 0 Å². The monoisotopic (exact) mass is 426 g/mol. The highest BCUT2D eigenvalue weighted by atomic mass is 16.5. The number of amides is 2. The van der Waals surface area contributed by atoms with Crippen LogP contribution in [0.2, 0.25) is 0 Å². The molecule has 7 nitrogen and oxygen atoms in total. The summed E-state index contributed by atoms with van der Waals surface area (Å²) in [4.78, 5) is 33.0. The molecule has 1 aromatic carbocycles. The molecule has 4 rings (SSSR count). The van der Waals surface area contributed by atoms with E-state index in [0.29, 0.717) is 24.7 Å². The van der Waals surface area contributed by atoms with Crippen LogP contribution in [0.15, 0.2) is 30.3 Å². The van der Waals surface area contributed by atoms with E-state index in [0.717, 1.165) is 69.6 Å². The molecule has 2 aliphatic rings. The second kappa shape index (κ2) is 10.3. The van der Waals surface area contributed by atoms with Crippen molar-refractivity contribution in [2.75, 3.05) is 52.5 Å². The van der Waals surface area contributed by atoms with Gasteiger partial charge in [-0.05, 0) is 43.9 Å². The number of benzene rings is 1. The second-order valence-corrected chi connectivity index (χ2v) is 8.79. The number of morpholine rings is 1. The van der Waals surface area contributed by atoms with Crippen LogP contribution in [-0.4, -0.2) is 79.1 Å². The van der Waals surface area contributed by atoms with Crippen molar-refractivity contribution in [1.29, 1.82) is 0 Å². The zero-order chi connectivity index (χ0) is 21.6. The number of hydrogen-bond acceptors (Lipinski definition) is 4. The highest BCUT2D eigenvalue weighted by molar-refractivity contribution is 5.98. The van der Waals surface area contributed by atoms with Crippen molar-refractivity contribution >= 4 is 22.7 Å². The van der Waals surface area contributed by atoms with Crippen LogP contribution in [-0.2, 0) is 9.53 Å². The standard InChI is InChI=1S/C24H34N4O3/c1-18(23(29)25-9-4-10-27-13-15-31-16-14-27)19-7-11-28(12-8-19)24(30)22-17-20-5-2-3-6-21(20)26-22/h2-3,5-6,17-19,26H,4,7-16H2,1H3,(H,25,29)/t18-/m0/s1. The van der Waals surface area contributed by atoms with Crippen LogP contribution in [0.3, 0.4) is 0 Å². The molecule has 3 heterocycles. The number of likely N-dealkylation sites (tertiary alicyclic amines) is 1. The van der Waals surface area contributed by atoms with Gasteiger partial charge in [0.1, 0.15) is 5.69 Å². The van der Waals surface area contributed by atoms with Crippen LogP contribution >= 0.6 is 0 Å². The fourth-order valence-electron chi connectivity index (χ4n) is 4.68. The summed E-state index contributed by atoms with van der Waals surface area (Å²) in [6.07, 6.45) is 2.71. The molecule has 1 atom stereocenters. The maximum Gasteiger partial charge on any atom is 0.270 e. The van der Waals surface area contributed by atoms with Crippen molar-refractivity contribution in [3.8, 4) is 0 Å². The van der Waals surface area contributed by atoms with Gasteiger partial charge in [0.2, 0.25) is 5.91 Å². The number of nitrogens with one attached hydrogen (secondary N) is 2. The smallest absolute Gasteiger partial charge is 0.270 e. The van der Waals surface area contributed by atoms with Gasteiger partial charge in [0, 0.05) is 49.5 Å². The number of H-pyrrole nitrogens is 1. The largest absolute Gasteiger partial charge is 0.379 e. The molecule has 0 saturated carbocycles. The van der Waals surface area contributed by atoms with Crippen LogP contribution in [0.25, 0.3) is 10.9 Å². The molecule has 2 aromatic rings. The van der Waals surface area contributed by atoms with E-state index in [4.69, 9.17) is 4.74 Å². The summed E-state index contributed by atoms with van der Waals surface area (Å²) >= 11 is 0. The van der Waals surface area contributed by atoms with E-state index in [2.05, 4.69) is 15.2 Å². The molecule has 2 saturated heterocycles. The summed E-state index contributed by atoms with van der Waals surface area (Å²) in [7, 11) is 0. The average molecular weight is 427 g/mol. The average Bonchev–Trinajstić information content (AvgIpc) is 3.26. The van der Waals surface area contributed by atoms with E-state index in [-0.39, 0.29) is 17.7 Å². The minimum atomic E-state index is -0.0197. The third-order valence-electron chi connectivity index (χ3n) is 6.76. The van der Waals surface area contributed by atoms with Gasteiger partial charge in [-0.1, -0.05) is 25.1 Å². The zero-order valence-corrected chi connectivity index (χ0v) is 18.4. The van der Waals surface area contributed by atoms with Crippen molar-refractivity contribution in [2.24, 2.45) is 11.8 Å². The Morgan fingerprint density at radius 1 is 1.16 bits per heavy atom. The van der Waals surface area contributed by atoms with Gasteiger partial charge in [-0.2, -0.15) is 0 Å². The minimum Gasteiger partial charge on any atom is -0.379 e. The molecule has 0 spiro atoms. The van der Waals surface area contributed by atoms with E-state index in [1.54, 1.807) is 0 Å². The Hall–Kier alpha value is -2.38. The van der Waals surface area contributed by atoms with E-state index in [1.165, 1.54) is 0 Å². The lowest BCUT2D eigenvalue weighted by Gasteiger charge is -2.34. The van der Waals surface area contributed by atoms with Gasteiger partial charge in [-0.3, -0.25) is 14.5 Å². The molecule has 2 fully saturated rings. The summed E-state index contributed by atoms with van der Waals surface area (Å²) in [5, 5.41) is 4.17. The van der Waals surface area contributed by atoms with Gasteiger partial charge < -0.3 is 19.9 Å². The maximum atomic E-state index is 12.9. The first kappa shape index (κ1) is 21.8. The van der Waals surface area contributed by atoms with Crippen molar-refractivity contribution in [3.63, 3.8) is 0 Å². The van der Waals surface area contributed by atoms with Crippen LogP contribution in [0, 0.1) is 11.8 Å². The summed E-state index contributed by atoms with van der Waals surface area (Å²) in [5.74, 6) is 0.497. The van der Waals surface area contributed by atoms with E-state index in [9.17, 15) is 9.59 Å². The first-order valence-corrected chi connectivity index (χ1v) is 11.6. The number of carbonyl (C=O) groups is 2. The maximum absolute atomic E-state index is 12.9. The minimum absolute atomic E-state index is 0.0197. The fourth-order valence-corrected chi connectivity index (χ4v) is 4.68. The number of fused-ring (bicyclic) bond motifs is 1. The summed E-state index contributed by atoms with van der Waals surface area (Å²) in [6.45, 7) is 8.75. The predicted molar refractivity (Wildman–Crippen MR) is 121 cm³/mol. The molecule has 168 valence electrons. The molecular formula is C24H34N4O3. The number of nitrogens with zero attached hydrogens (tertiary/aromatic N) is 2. The number of hydrogen-bond donors (Lipinski definition) is 2. The van der Waals surface area contributed by atoms with E-state index in [1.807, 2.05) is 42.2 Å². The Balaban J connectivity index is 1.19. The Morgan fingerprint density at radius 2 is 1.90 bits per heavy atom. The lowest BCUT2D eigenvalue weighted by molar-refractivity contribution is -0.126. The number of ether oxygens (including phenoxy) is 1. The zero-order valence-electron chi connectivity index (χ0n) is 18.4. The molecule has 7 heteroatoms. The van der Waals surface area contributed by atoms with Gasteiger partial charge >= 0.3 is 0 Å². The topological polar surface area (TPSA) is 77.7 Å². The second-order valence-electron chi connectivity index (χ2n) is 8.79. The fraction of sp³-hybridized carbons (Fsp3) is 0.583. The van der Waals surface area contributed by atoms with Gasteiger partial charge in [-0.25, -0.2) is 0 Å². The SMILES string of the molecule is C[C@H](C(=O)NCCCN1CCOCC1)C1CCN(C(=O)c2cc3ccccc3[nH]2)CC1. The Bertz CT molecular complexity index is 849. The number of para-hydroxylation sites is 1. The van der Waals surface area contributed by atoms with Gasteiger partial charge in [0.05, 0.1) is 13.2 Å². The van der Waals surface area contributed by atoms with Gasteiger partial charge in [-0.15, -0.1) is 0 Å². The molecular weight excluding hydrogens is 392 g/mol. The lowest BCUT2D eigenvalue weighted by atomic mass is 9.84. The first-order chi connectivity index (χ1) is 15.1. The summed E-state index contributed by atoms with van der Waals surface area (Å²) in [5.41, 5.74) is 1.63. The Labute approximate surface area is 184 Å². The molecule has 0 bridgehead atoms. The third kappa shape index (κ3) is 5.46. The number of piperidine rings is 1. The first-order valence-electron chi connectivity index (χ1n) is 11.6. The quantitative estimate of drug-likeness (QED) is 0.667. The number of rotatable bonds is 7. The van der Waals surface area contributed by atoms with Crippen molar-refractivity contribution < 1.29 is 14.3 Å². The van der Waals surface area contributed by atoms with Crippen molar-refractivity contribution in [3.05, 3.63) is 36.0 Å². The van der Waals surface area contributed by atoms with Crippen LogP contribution in [0.5, 0.6) is 0 Å². The molecule has 1 aromatic heterocycles. The number of carbonyl (C=O) groups excluding carboxylic acids is 2. The van der Waals surface area contributed by atoms with Crippen LogP contribution < -0.4 is 5.32 Å². The molecule has 2 amide bonds. The molecule has 0 unspecified atom stereocenters. The predicted octanol–water partition coefficient (Wildman–Crippen LogP) is 2.49. The molecule has 2 N–H and O–H groups in total. The molecule has 2 aliphatic heterocycles. The highest BCUT2D eigenvalue weighted by Gasteiger charge is 2.30. The summed E-state index contributed by atoms with van der Waals surface area (Å²) in [6, 6.07) is 9.87. The normalized spacial score (nSPS) is 19.5. The van der Waals surface area contributed by atoms with E-state index >= 15 is 0 Å². The van der Waals surface area contributed by atoms with Crippen LogP contribution in [0.1, 0.15) is 36.7 Å².